The highest BCUT2D eigenvalue weighted by atomic mass is 16.3. The summed E-state index contributed by atoms with van der Waals surface area (Å²) in [5.41, 5.74) is 2.02. The number of aromatic hydroxyl groups is 1. The molecular weight excluding hydrogens is 404 g/mol. The van der Waals surface area contributed by atoms with Crippen molar-refractivity contribution in [2.24, 2.45) is 0 Å². The number of rotatable bonds is 6. The van der Waals surface area contributed by atoms with Gasteiger partial charge in [-0.15, -0.1) is 0 Å². The maximum absolute atomic E-state index is 13.4. The van der Waals surface area contributed by atoms with Gasteiger partial charge in [0.1, 0.15) is 5.75 Å². The van der Waals surface area contributed by atoms with Crippen molar-refractivity contribution in [2.75, 3.05) is 5.32 Å². The van der Waals surface area contributed by atoms with E-state index >= 15 is 0 Å². The fourth-order valence-corrected chi connectivity index (χ4v) is 4.29. The number of anilines is 1. The van der Waals surface area contributed by atoms with Gasteiger partial charge in [-0.1, -0.05) is 24.3 Å². The molecule has 7 heteroatoms. The number of carbonyl (C=O) groups is 1. The lowest BCUT2D eigenvalue weighted by Gasteiger charge is -2.43. The molecule has 2 fully saturated rings. The molecule has 2 saturated carbocycles. The first-order valence-corrected chi connectivity index (χ1v) is 11.0. The van der Waals surface area contributed by atoms with Gasteiger partial charge in [0.2, 0.25) is 0 Å². The first-order chi connectivity index (χ1) is 15.5. The minimum Gasteiger partial charge on any atom is -0.508 e. The Bertz CT molecular complexity index is 1240. The van der Waals surface area contributed by atoms with Crippen LogP contribution in [-0.2, 0) is 5.54 Å². The van der Waals surface area contributed by atoms with E-state index in [4.69, 9.17) is 0 Å². The molecule has 0 unspecified atom stereocenters. The number of nitrogens with zero attached hydrogens (tertiary/aromatic N) is 2. The lowest BCUT2D eigenvalue weighted by molar-refractivity contribution is 0.0951. The van der Waals surface area contributed by atoms with Crippen LogP contribution in [0, 0.1) is 6.92 Å². The summed E-state index contributed by atoms with van der Waals surface area (Å²) in [7, 11) is 0. The van der Waals surface area contributed by atoms with Crippen LogP contribution in [-0.4, -0.2) is 26.6 Å². The van der Waals surface area contributed by atoms with Crippen LogP contribution >= 0.6 is 0 Å². The Morgan fingerprint density at radius 3 is 2.66 bits per heavy atom. The van der Waals surface area contributed by atoms with Crippen molar-refractivity contribution in [3.05, 3.63) is 81.9 Å². The van der Waals surface area contributed by atoms with Crippen molar-refractivity contribution in [3.63, 3.8) is 0 Å². The van der Waals surface area contributed by atoms with Crippen molar-refractivity contribution in [1.29, 1.82) is 0 Å². The molecule has 3 N–H and O–H groups in total. The number of aryl methyl sites for hydroxylation is 1. The molecule has 0 radical (unpaired) electrons. The predicted molar refractivity (Wildman–Crippen MR) is 122 cm³/mol. The van der Waals surface area contributed by atoms with E-state index in [9.17, 15) is 14.7 Å². The van der Waals surface area contributed by atoms with Gasteiger partial charge in [0, 0.05) is 29.6 Å². The van der Waals surface area contributed by atoms with Crippen molar-refractivity contribution >= 4 is 11.7 Å². The van der Waals surface area contributed by atoms with Crippen LogP contribution in [0.5, 0.6) is 5.75 Å². The molecule has 0 aliphatic heterocycles. The minimum atomic E-state index is -0.516. The Morgan fingerprint density at radius 2 is 1.97 bits per heavy atom. The lowest BCUT2D eigenvalue weighted by Crippen LogP contribution is -2.44. The molecule has 1 heterocycles. The Labute approximate surface area is 186 Å². The van der Waals surface area contributed by atoms with Gasteiger partial charge in [-0.05, 0) is 62.8 Å². The summed E-state index contributed by atoms with van der Waals surface area (Å²) in [6.07, 6.45) is 7.83. The molecule has 0 saturated heterocycles. The second-order valence-electron chi connectivity index (χ2n) is 8.78. The quantitative estimate of drug-likeness (QED) is 0.555. The Morgan fingerprint density at radius 1 is 1.19 bits per heavy atom. The fraction of sp³-hybridized carbons (Fsp3) is 0.320. The topological polar surface area (TPSA) is 96.2 Å². The average Bonchev–Trinajstić information content (AvgIpc) is 3.57. The second-order valence-corrected chi connectivity index (χ2v) is 8.78. The monoisotopic (exact) mass is 430 g/mol. The van der Waals surface area contributed by atoms with E-state index in [0.717, 1.165) is 43.2 Å². The Balaban J connectivity index is 1.50. The number of hydrogen-bond acceptors (Lipinski definition) is 5. The number of amides is 1. The van der Waals surface area contributed by atoms with Crippen LogP contribution in [0.2, 0.25) is 0 Å². The van der Waals surface area contributed by atoms with E-state index in [0.29, 0.717) is 11.3 Å². The van der Waals surface area contributed by atoms with Gasteiger partial charge >= 0.3 is 0 Å². The van der Waals surface area contributed by atoms with E-state index < -0.39 is 5.54 Å². The molecule has 0 spiro atoms. The van der Waals surface area contributed by atoms with E-state index in [1.54, 1.807) is 36.7 Å². The number of para-hydroxylation sites is 1. The molecule has 1 aromatic heterocycles. The minimum absolute atomic E-state index is 0.123. The van der Waals surface area contributed by atoms with Gasteiger partial charge in [0.25, 0.3) is 11.5 Å². The number of phenols is 1. The summed E-state index contributed by atoms with van der Waals surface area (Å²) < 4.78 is 1.52. The highest BCUT2D eigenvalue weighted by Crippen LogP contribution is 2.46. The summed E-state index contributed by atoms with van der Waals surface area (Å²) in [4.78, 5) is 30.2. The number of nitrogens with one attached hydrogen (secondary N) is 2. The van der Waals surface area contributed by atoms with E-state index in [1.165, 1.54) is 4.57 Å². The maximum Gasteiger partial charge on any atom is 0.297 e. The summed E-state index contributed by atoms with van der Waals surface area (Å²) in [6, 6.07) is 12.9. The van der Waals surface area contributed by atoms with Gasteiger partial charge in [0.15, 0.2) is 5.82 Å². The molecule has 164 valence electrons. The Hall–Kier alpha value is -3.61. The summed E-state index contributed by atoms with van der Waals surface area (Å²) in [5, 5.41) is 16.7. The van der Waals surface area contributed by atoms with E-state index in [1.807, 2.05) is 25.1 Å². The van der Waals surface area contributed by atoms with Crippen LogP contribution in [0.4, 0.5) is 5.82 Å². The molecule has 2 aliphatic carbocycles. The first-order valence-electron chi connectivity index (χ1n) is 11.0. The standard InChI is InChI=1S/C25H26N4O3/c1-16-7-8-17(23(31)27-18-9-10-18)15-20(16)29-14-13-26-22(24(29)32)28-25(11-4-12-25)19-5-2-3-6-21(19)30/h2-3,5-8,13-15,18,30H,4,9-12H2,1H3,(H,26,28)(H,27,31). The van der Waals surface area contributed by atoms with Crippen molar-refractivity contribution in [1.82, 2.24) is 14.9 Å². The lowest BCUT2D eigenvalue weighted by atomic mass is 9.71. The van der Waals surface area contributed by atoms with Crippen LogP contribution in [0.1, 0.15) is 53.6 Å². The highest BCUT2D eigenvalue weighted by Gasteiger charge is 2.41. The second kappa shape index (κ2) is 7.82. The largest absolute Gasteiger partial charge is 0.508 e. The summed E-state index contributed by atoms with van der Waals surface area (Å²) >= 11 is 0. The molecule has 2 aromatic carbocycles. The number of carbonyl (C=O) groups excluding carboxylic acids is 1. The van der Waals surface area contributed by atoms with Crippen LogP contribution in [0.3, 0.4) is 0 Å². The molecule has 32 heavy (non-hydrogen) atoms. The smallest absolute Gasteiger partial charge is 0.297 e. The third-order valence-electron chi connectivity index (χ3n) is 6.47. The van der Waals surface area contributed by atoms with Crippen LogP contribution in [0.15, 0.2) is 59.7 Å². The molecular formula is C25H26N4O3. The number of benzene rings is 2. The van der Waals surface area contributed by atoms with E-state index in [-0.39, 0.29) is 29.1 Å². The number of hydrogen-bond donors (Lipinski definition) is 3. The maximum atomic E-state index is 13.4. The molecule has 5 rings (SSSR count). The fourth-order valence-electron chi connectivity index (χ4n) is 4.29. The number of phenolic OH excluding ortho intramolecular Hbond substituents is 1. The van der Waals surface area contributed by atoms with Crippen molar-refractivity contribution in [3.8, 4) is 11.4 Å². The molecule has 7 nitrogen and oxygen atoms in total. The normalized spacial score (nSPS) is 16.8. The SMILES string of the molecule is Cc1ccc(C(=O)NC2CC2)cc1-n1ccnc(NC2(c3ccccc3O)CCC2)c1=O. The summed E-state index contributed by atoms with van der Waals surface area (Å²) in [5.74, 6) is 0.311. The summed E-state index contributed by atoms with van der Waals surface area (Å²) in [6.45, 7) is 1.91. The Kier molecular flexibility index (Phi) is 4.96. The van der Waals surface area contributed by atoms with Crippen molar-refractivity contribution in [2.45, 2.75) is 50.6 Å². The van der Waals surface area contributed by atoms with Gasteiger partial charge in [-0.25, -0.2) is 4.98 Å². The van der Waals surface area contributed by atoms with Crippen LogP contribution in [0.25, 0.3) is 5.69 Å². The van der Waals surface area contributed by atoms with Gasteiger partial charge in [-0.2, -0.15) is 0 Å². The third-order valence-corrected chi connectivity index (χ3v) is 6.47. The molecule has 3 aromatic rings. The number of aromatic nitrogens is 2. The van der Waals surface area contributed by atoms with Gasteiger partial charge < -0.3 is 15.7 Å². The van der Waals surface area contributed by atoms with Crippen molar-refractivity contribution < 1.29 is 9.90 Å². The zero-order chi connectivity index (χ0) is 22.3. The van der Waals surface area contributed by atoms with Crippen LogP contribution < -0.4 is 16.2 Å². The zero-order valence-corrected chi connectivity index (χ0v) is 18.0. The highest BCUT2D eigenvalue weighted by molar-refractivity contribution is 5.95. The van der Waals surface area contributed by atoms with Gasteiger partial charge in [0.05, 0.1) is 11.2 Å². The van der Waals surface area contributed by atoms with Gasteiger partial charge in [-0.3, -0.25) is 14.2 Å². The predicted octanol–water partition coefficient (Wildman–Crippen LogP) is 3.63. The molecule has 0 bridgehead atoms. The van der Waals surface area contributed by atoms with E-state index in [2.05, 4.69) is 15.6 Å². The third kappa shape index (κ3) is 3.64. The molecule has 1 amide bonds. The molecule has 0 atom stereocenters. The average molecular weight is 431 g/mol. The first kappa shape index (κ1) is 20.3. The zero-order valence-electron chi connectivity index (χ0n) is 18.0. The molecule has 2 aliphatic rings.